The van der Waals surface area contributed by atoms with Crippen molar-refractivity contribution < 1.29 is 9.18 Å². The van der Waals surface area contributed by atoms with Gasteiger partial charge in [-0.25, -0.2) is 9.40 Å². The van der Waals surface area contributed by atoms with Crippen LogP contribution in [0, 0.1) is 11.7 Å². The second-order valence-corrected chi connectivity index (χ2v) is 9.85. The van der Waals surface area contributed by atoms with Gasteiger partial charge < -0.3 is 0 Å². The van der Waals surface area contributed by atoms with E-state index in [4.69, 9.17) is 16.7 Å². The molecule has 2 aliphatic rings. The highest BCUT2D eigenvalue weighted by Crippen LogP contribution is 2.36. The summed E-state index contributed by atoms with van der Waals surface area (Å²) in [6.45, 7) is 2.14. The van der Waals surface area contributed by atoms with Crippen LogP contribution in [0.15, 0.2) is 84.0 Å². The number of likely N-dealkylation sites (tertiary alicyclic amines) is 1. The highest BCUT2D eigenvalue weighted by atomic mass is 35.5. The highest BCUT2D eigenvalue weighted by Gasteiger charge is 2.35. The average Bonchev–Trinajstić information content (AvgIpc) is 3.32. The lowest BCUT2D eigenvalue weighted by molar-refractivity contribution is -0.134. The Balaban J connectivity index is 1.28. The standard InChI is InChI=1S/C29H29ClFN3O/c30-26-9-5-4-8-25(26)28-19-27(23-10-12-24(31)13-11-23)32-34(28)29(35)20-33-16-14-22(15-17-33)18-21-6-2-1-3-7-21/h1-13,22,28H,14-20H2/t28-/m0/s1. The summed E-state index contributed by atoms with van der Waals surface area (Å²) in [4.78, 5) is 15.7. The zero-order valence-electron chi connectivity index (χ0n) is 19.6. The molecule has 0 bridgehead atoms. The van der Waals surface area contributed by atoms with Crippen molar-refractivity contribution in [3.05, 3.63) is 106 Å². The van der Waals surface area contributed by atoms with Crippen LogP contribution in [0.25, 0.3) is 0 Å². The summed E-state index contributed by atoms with van der Waals surface area (Å²) >= 11 is 6.51. The van der Waals surface area contributed by atoms with Crippen molar-refractivity contribution in [2.45, 2.75) is 31.7 Å². The molecule has 4 nitrogen and oxygen atoms in total. The smallest absolute Gasteiger partial charge is 0.257 e. The van der Waals surface area contributed by atoms with E-state index in [-0.39, 0.29) is 17.8 Å². The van der Waals surface area contributed by atoms with E-state index in [9.17, 15) is 9.18 Å². The molecule has 0 saturated carbocycles. The van der Waals surface area contributed by atoms with Gasteiger partial charge in [0.05, 0.1) is 18.3 Å². The van der Waals surface area contributed by atoms with Crippen molar-refractivity contribution in [1.29, 1.82) is 0 Å². The summed E-state index contributed by atoms with van der Waals surface area (Å²) in [5.41, 5.74) is 3.85. The first-order valence-electron chi connectivity index (χ1n) is 12.2. The van der Waals surface area contributed by atoms with Gasteiger partial charge in [0.15, 0.2) is 0 Å². The van der Waals surface area contributed by atoms with E-state index in [1.807, 2.05) is 24.3 Å². The Morgan fingerprint density at radius 3 is 2.34 bits per heavy atom. The van der Waals surface area contributed by atoms with E-state index in [2.05, 4.69) is 35.2 Å². The van der Waals surface area contributed by atoms with Gasteiger partial charge in [-0.15, -0.1) is 0 Å². The first-order valence-corrected chi connectivity index (χ1v) is 12.6. The summed E-state index contributed by atoms with van der Waals surface area (Å²) in [5.74, 6) is 0.321. The third-order valence-electron chi connectivity index (χ3n) is 7.04. The van der Waals surface area contributed by atoms with Crippen LogP contribution in [-0.2, 0) is 11.2 Å². The number of rotatable bonds is 6. The molecule has 5 rings (SSSR count). The quantitative estimate of drug-likeness (QED) is 0.418. The number of hydrazone groups is 1. The van der Waals surface area contributed by atoms with Gasteiger partial charge >= 0.3 is 0 Å². The number of hydrogen-bond acceptors (Lipinski definition) is 3. The predicted molar refractivity (Wildman–Crippen MR) is 138 cm³/mol. The number of halogens is 2. The normalized spacial score (nSPS) is 19.1. The molecular weight excluding hydrogens is 461 g/mol. The summed E-state index contributed by atoms with van der Waals surface area (Å²) in [6.07, 6.45) is 3.80. The summed E-state index contributed by atoms with van der Waals surface area (Å²) < 4.78 is 13.5. The molecule has 2 heterocycles. The molecule has 0 aliphatic carbocycles. The van der Waals surface area contributed by atoms with Crippen LogP contribution in [0.1, 0.15) is 42.0 Å². The van der Waals surface area contributed by atoms with Gasteiger partial charge in [0.2, 0.25) is 0 Å². The van der Waals surface area contributed by atoms with Gasteiger partial charge in [0.1, 0.15) is 5.82 Å². The van der Waals surface area contributed by atoms with Crippen LogP contribution in [0.5, 0.6) is 0 Å². The molecule has 1 saturated heterocycles. The SMILES string of the molecule is O=C(CN1CCC(Cc2ccccc2)CC1)N1N=C(c2ccc(F)cc2)C[C@H]1c1ccccc1Cl. The molecule has 0 N–H and O–H groups in total. The molecule has 3 aromatic carbocycles. The van der Waals surface area contributed by atoms with Crippen LogP contribution in [0.4, 0.5) is 4.39 Å². The van der Waals surface area contributed by atoms with Crippen molar-refractivity contribution in [3.8, 4) is 0 Å². The van der Waals surface area contributed by atoms with Gasteiger partial charge in [-0.3, -0.25) is 9.69 Å². The van der Waals surface area contributed by atoms with Crippen LogP contribution < -0.4 is 0 Å². The first kappa shape index (κ1) is 23.7. The molecule has 0 radical (unpaired) electrons. The fourth-order valence-electron chi connectivity index (χ4n) is 5.10. The zero-order chi connectivity index (χ0) is 24.2. The number of nitrogens with zero attached hydrogens (tertiary/aromatic N) is 3. The third kappa shape index (κ3) is 5.63. The van der Waals surface area contributed by atoms with Gasteiger partial charge in [-0.05, 0) is 73.2 Å². The molecule has 3 aromatic rings. The number of amides is 1. The fraction of sp³-hybridized carbons (Fsp3) is 0.310. The molecule has 2 aliphatic heterocycles. The molecular formula is C29H29ClFN3O. The second kappa shape index (κ2) is 10.7. The lowest BCUT2D eigenvalue weighted by atomic mass is 9.90. The Morgan fingerprint density at radius 1 is 0.943 bits per heavy atom. The molecule has 6 heteroatoms. The van der Waals surface area contributed by atoms with E-state index >= 15 is 0 Å². The Bertz CT molecular complexity index is 1190. The molecule has 35 heavy (non-hydrogen) atoms. The molecule has 1 fully saturated rings. The maximum atomic E-state index is 13.5. The Morgan fingerprint density at radius 2 is 1.63 bits per heavy atom. The first-order chi connectivity index (χ1) is 17.1. The van der Waals surface area contributed by atoms with Crippen molar-refractivity contribution >= 4 is 23.2 Å². The Labute approximate surface area is 211 Å². The summed E-state index contributed by atoms with van der Waals surface area (Å²) in [5, 5.41) is 6.93. The second-order valence-electron chi connectivity index (χ2n) is 9.44. The van der Waals surface area contributed by atoms with Gasteiger partial charge in [0, 0.05) is 11.4 Å². The van der Waals surface area contributed by atoms with Crippen molar-refractivity contribution in [1.82, 2.24) is 9.91 Å². The lowest BCUT2D eigenvalue weighted by Gasteiger charge is -2.33. The van der Waals surface area contributed by atoms with E-state index in [1.54, 1.807) is 17.1 Å². The maximum Gasteiger partial charge on any atom is 0.257 e. The van der Waals surface area contributed by atoms with Gasteiger partial charge in [0.25, 0.3) is 5.91 Å². The lowest BCUT2D eigenvalue weighted by Crippen LogP contribution is -2.42. The van der Waals surface area contributed by atoms with E-state index in [0.717, 1.165) is 49.2 Å². The van der Waals surface area contributed by atoms with E-state index in [1.165, 1.54) is 17.7 Å². The number of benzene rings is 3. The highest BCUT2D eigenvalue weighted by molar-refractivity contribution is 6.31. The molecule has 1 amide bonds. The summed E-state index contributed by atoms with van der Waals surface area (Å²) in [6, 6.07) is 24.2. The van der Waals surface area contributed by atoms with Crippen molar-refractivity contribution in [3.63, 3.8) is 0 Å². The average molecular weight is 490 g/mol. The van der Waals surface area contributed by atoms with Crippen molar-refractivity contribution in [2.75, 3.05) is 19.6 Å². The minimum Gasteiger partial charge on any atom is -0.294 e. The molecule has 0 unspecified atom stereocenters. The minimum absolute atomic E-state index is 0.0338. The molecule has 0 spiro atoms. The molecule has 1 atom stereocenters. The van der Waals surface area contributed by atoms with E-state index in [0.29, 0.717) is 23.9 Å². The van der Waals surface area contributed by atoms with Crippen LogP contribution in [-0.4, -0.2) is 41.2 Å². The van der Waals surface area contributed by atoms with E-state index < -0.39 is 0 Å². The predicted octanol–water partition coefficient (Wildman–Crippen LogP) is 6.11. The summed E-state index contributed by atoms with van der Waals surface area (Å²) in [7, 11) is 0. The Hall–Kier alpha value is -3.02. The molecule has 180 valence electrons. The van der Waals surface area contributed by atoms with Crippen molar-refractivity contribution in [2.24, 2.45) is 11.0 Å². The van der Waals surface area contributed by atoms with Crippen LogP contribution in [0.3, 0.4) is 0 Å². The minimum atomic E-state index is -0.293. The number of piperidine rings is 1. The number of carbonyl (C=O) groups is 1. The number of hydrogen-bond donors (Lipinski definition) is 0. The van der Waals surface area contributed by atoms with Gasteiger partial charge in [-0.2, -0.15) is 5.10 Å². The largest absolute Gasteiger partial charge is 0.294 e. The van der Waals surface area contributed by atoms with Crippen LogP contribution in [0.2, 0.25) is 5.02 Å². The zero-order valence-corrected chi connectivity index (χ0v) is 20.4. The Kier molecular flexibility index (Phi) is 7.26. The number of carbonyl (C=O) groups excluding carboxylic acids is 1. The monoisotopic (exact) mass is 489 g/mol. The third-order valence-corrected chi connectivity index (χ3v) is 7.38. The maximum absolute atomic E-state index is 13.5. The molecule has 0 aromatic heterocycles. The van der Waals surface area contributed by atoms with Crippen LogP contribution >= 0.6 is 11.6 Å². The topological polar surface area (TPSA) is 35.9 Å². The fourth-order valence-corrected chi connectivity index (χ4v) is 5.37. The van der Waals surface area contributed by atoms with Gasteiger partial charge in [-0.1, -0.05) is 72.3 Å².